The molecule has 0 bridgehead atoms. The van der Waals surface area contributed by atoms with Gasteiger partial charge in [-0.3, -0.25) is 14.6 Å². The van der Waals surface area contributed by atoms with Gasteiger partial charge in [-0.2, -0.15) is 0 Å². The van der Waals surface area contributed by atoms with Crippen molar-refractivity contribution in [2.75, 3.05) is 5.32 Å². The second-order valence-corrected chi connectivity index (χ2v) is 4.04. The summed E-state index contributed by atoms with van der Waals surface area (Å²) in [5.74, 6) is -1.40. The maximum atomic E-state index is 11.6. The molecule has 1 heterocycles. The van der Waals surface area contributed by atoms with Crippen LogP contribution in [0.1, 0.15) is 5.56 Å². The van der Waals surface area contributed by atoms with Gasteiger partial charge in [0.25, 0.3) is 0 Å². The maximum absolute atomic E-state index is 11.6. The van der Waals surface area contributed by atoms with Gasteiger partial charge >= 0.3 is 11.8 Å². The first-order valence-electron chi connectivity index (χ1n) is 5.92. The van der Waals surface area contributed by atoms with Gasteiger partial charge in [-0.15, -0.1) is 0 Å². The Bertz CT molecular complexity index is 597. The molecule has 0 spiro atoms. The number of amides is 2. The molecule has 2 rings (SSSR count). The molecular formula is C14H13N3O3. The Kier molecular flexibility index (Phi) is 4.28. The lowest BCUT2D eigenvalue weighted by atomic mass is 10.2. The highest BCUT2D eigenvalue weighted by molar-refractivity contribution is 6.39. The number of hydrogen-bond donors (Lipinski definition) is 3. The first-order chi connectivity index (χ1) is 9.65. The number of nitrogens with one attached hydrogen (secondary N) is 2. The predicted octanol–water partition coefficient (Wildman–Crippen LogP) is 1.04. The smallest absolute Gasteiger partial charge is 0.313 e. The number of anilines is 1. The molecule has 2 amide bonds. The predicted molar refractivity (Wildman–Crippen MR) is 72.8 cm³/mol. The van der Waals surface area contributed by atoms with E-state index in [1.54, 1.807) is 24.5 Å². The van der Waals surface area contributed by atoms with Crippen molar-refractivity contribution in [3.63, 3.8) is 0 Å². The van der Waals surface area contributed by atoms with Crippen LogP contribution in [0.25, 0.3) is 0 Å². The first kappa shape index (κ1) is 13.5. The number of aromatic hydroxyl groups is 1. The van der Waals surface area contributed by atoms with Crippen LogP contribution in [-0.2, 0) is 16.1 Å². The number of benzene rings is 1. The summed E-state index contributed by atoms with van der Waals surface area (Å²) in [6, 6.07) is 9.35. The van der Waals surface area contributed by atoms with Crippen LogP contribution in [0.2, 0.25) is 0 Å². The van der Waals surface area contributed by atoms with E-state index in [9.17, 15) is 9.59 Å². The first-order valence-corrected chi connectivity index (χ1v) is 5.92. The Morgan fingerprint density at radius 1 is 1.00 bits per heavy atom. The summed E-state index contributed by atoms with van der Waals surface area (Å²) in [5, 5.41) is 14.0. The summed E-state index contributed by atoms with van der Waals surface area (Å²) < 4.78 is 0. The maximum Gasteiger partial charge on any atom is 0.313 e. The summed E-state index contributed by atoms with van der Waals surface area (Å²) in [7, 11) is 0. The Balaban J connectivity index is 1.86. The molecule has 0 fully saturated rings. The fourth-order valence-corrected chi connectivity index (χ4v) is 1.50. The summed E-state index contributed by atoms with van der Waals surface area (Å²) in [6.07, 6.45) is 3.22. The van der Waals surface area contributed by atoms with Crippen LogP contribution in [0.5, 0.6) is 5.75 Å². The second-order valence-electron chi connectivity index (χ2n) is 4.04. The van der Waals surface area contributed by atoms with Crippen molar-refractivity contribution in [1.29, 1.82) is 0 Å². The third-order valence-corrected chi connectivity index (χ3v) is 2.53. The van der Waals surface area contributed by atoms with E-state index in [-0.39, 0.29) is 12.3 Å². The third-order valence-electron chi connectivity index (χ3n) is 2.53. The zero-order chi connectivity index (χ0) is 14.4. The van der Waals surface area contributed by atoms with E-state index < -0.39 is 11.8 Å². The molecule has 2 aromatic rings. The number of pyridine rings is 1. The van der Waals surface area contributed by atoms with Crippen molar-refractivity contribution < 1.29 is 14.7 Å². The number of phenolic OH excluding ortho intramolecular Hbond substituents is 1. The lowest BCUT2D eigenvalue weighted by Gasteiger charge is -2.06. The second kappa shape index (κ2) is 6.33. The Morgan fingerprint density at radius 2 is 1.65 bits per heavy atom. The standard InChI is InChI=1S/C14H13N3O3/c18-12-3-1-11(2-4-12)17-14(20)13(19)16-9-10-5-7-15-8-6-10/h1-8,18H,9H2,(H,16,19)(H,17,20). The number of rotatable bonds is 3. The van der Waals surface area contributed by atoms with E-state index in [0.29, 0.717) is 5.69 Å². The Morgan fingerprint density at radius 3 is 2.30 bits per heavy atom. The highest BCUT2D eigenvalue weighted by Crippen LogP contribution is 2.13. The minimum Gasteiger partial charge on any atom is -0.508 e. The molecule has 0 saturated heterocycles. The van der Waals surface area contributed by atoms with E-state index in [0.717, 1.165) is 5.56 Å². The van der Waals surface area contributed by atoms with E-state index in [2.05, 4.69) is 15.6 Å². The monoisotopic (exact) mass is 271 g/mol. The Hall–Kier alpha value is -2.89. The molecule has 6 nitrogen and oxygen atoms in total. The normalized spacial score (nSPS) is 9.80. The van der Waals surface area contributed by atoms with Crippen molar-refractivity contribution in [3.05, 3.63) is 54.4 Å². The SMILES string of the molecule is O=C(NCc1ccncc1)C(=O)Nc1ccc(O)cc1. The summed E-state index contributed by atoms with van der Waals surface area (Å²) in [6.45, 7) is 0.254. The van der Waals surface area contributed by atoms with Gasteiger partial charge in [0, 0.05) is 24.6 Å². The fourth-order valence-electron chi connectivity index (χ4n) is 1.50. The average Bonchev–Trinajstić information content (AvgIpc) is 2.48. The van der Waals surface area contributed by atoms with Gasteiger partial charge in [-0.25, -0.2) is 0 Å². The zero-order valence-corrected chi connectivity index (χ0v) is 10.5. The Labute approximate surface area is 115 Å². The van der Waals surface area contributed by atoms with Crippen LogP contribution in [-0.4, -0.2) is 21.9 Å². The van der Waals surface area contributed by atoms with Crippen LogP contribution >= 0.6 is 0 Å². The molecule has 0 atom stereocenters. The molecule has 0 aliphatic rings. The molecule has 0 saturated carbocycles. The fraction of sp³-hybridized carbons (Fsp3) is 0.0714. The molecule has 0 unspecified atom stereocenters. The number of phenols is 1. The molecule has 102 valence electrons. The summed E-state index contributed by atoms with van der Waals surface area (Å²) in [4.78, 5) is 27.1. The minimum absolute atomic E-state index is 0.0881. The van der Waals surface area contributed by atoms with Gasteiger partial charge < -0.3 is 15.7 Å². The third kappa shape index (κ3) is 3.81. The molecular weight excluding hydrogens is 258 g/mol. The van der Waals surface area contributed by atoms with Crippen molar-refractivity contribution >= 4 is 17.5 Å². The van der Waals surface area contributed by atoms with E-state index in [4.69, 9.17) is 5.11 Å². The molecule has 0 radical (unpaired) electrons. The molecule has 0 aliphatic carbocycles. The van der Waals surface area contributed by atoms with Crippen LogP contribution in [0.4, 0.5) is 5.69 Å². The number of hydrogen-bond acceptors (Lipinski definition) is 4. The molecule has 1 aromatic heterocycles. The van der Waals surface area contributed by atoms with Gasteiger partial charge in [0.15, 0.2) is 0 Å². The van der Waals surface area contributed by atoms with Crippen LogP contribution in [0.3, 0.4) is 0 Å². The molecule has 1 aromatic carbocycles. The van der Waals surface area contributed by atoms with Crippen molar-refractivity contribution in [2.45, 2.75) is 6.54 Å². The van der Waals surface area contributed by atoms with Crippen LogP contribution < -0.4 is 10.6 Å². The summed E-state index contributed by atoms with van der Waals surface area (Å²) >= 11 is 0. The van der Waals surface area contributed by atoms with Crippen LogP contribution in [0, 0.1) is 0 Å². The van der Waals surface area contributed by atoms with Gasteiger partial charge in [0.1, 0.15) is 5.75 Å². The largest absolute Gasteiger partial charge is 0.508 e. The zero-order valence-electron chi connectivity index (χ0n) is 10.5. The van der Waals surface area contributed by atoms with Crippen LogP contribution in [0.15, 0.2) is 48.8 Å². The lowest BCUT2D eigenvalue weighted by molar-refractivity contribution is -0.136. The number of carbonyl (C=O) groups excluding carboxylic acids is 2. The average molecular weight is 271 g/mol. The quantitative estimate of drug-likeness (QED) is 0.574. The topological polar surface area (TPSA) is 91.3 Å². The number of aromatic nitrogens is 1. The van der Waals surface area contributed by atoms with Gasteiger partial charge in [0.2, 0.25) is 0 Å². The van der Waals surface area contributed by atoms with Crippen molar-refractivity contribution in [2.24, 2.45) is 0 Å². The molecule has 20 heavy (non-hydrogen) atoms. The van der Waals surface area contributed by atoms with E-state index in [1.807, 2.05) is 0 Å². The van der Waals surface area contributed by atoms with E-state index in [1.165, 1.54) is 24.3 Å². The van der Waals surface area contributed by atoms with Gasteiger partial charge in [-0.05, 0) is 42.0 Å². The molecule has 6 heteroatoms. The van der Waals surface area contributed by atoms with Gasteiger partial charge in [0.05, 0.1) is 0 Å². The highest BCUT2D eigenvalue weighted by Gasteiger charge is 2.13. The highest BCUT2D eigenvalue weighted by atomic mass is 16.3. The van der Waals surface area contributed by atoms with Gasteiger partial charge in [-0.1, -0.05) is 0 Å². The van der Waals surface area contributed by atoms with E-state index >= 15 is 0 Å². The van der Waals surface area contributed by atoms with Crippen molar-refractivity contribution in [3.8, 4) is 5.75 Å². The number of nitrogens with zero attached hydrogens (tertiary/aromatic N) is 1. The lowest BCUT2D eigenvalue weighted by Crippen LogP contribution is -2.34. The minimum atomic E-state index is -0.759. The van der Waals surface area contributed by atoms with Crippen molar-refractivity contribution in [1.82, 2.24) is 10.3 Å². The molecule has 3 N–H and O–H groups in total. The molecule has 0 aliphatic heterocycles. The number of carbonyl (C=O) groups is 2. The summed E-state index contributed by atoms with van der Waals surface area (Å²) in [5.41, 5.74) is 1.29.